The van der Waals surface area contributed by atoms with Crippen molar-refractivity contribution in [3.8, 4) is 22.9 Å². The van der Waals surface area contributed by atoms with Gasteiger partial charge in [0.25, 0.3) is 0 Å². The minimum Gasteiger partial charge on any atom is -0.439 e. The highest BCUT2D eigenvalue weighted by atomic mass is 16.5. The number of carbonyl (C=O) groups is 1. The second-order valence-electron chi connectivity index (χ2n) is 8.56. The number of aldehydes is 1. The van der Waals surface area contributed by atoms with Gasteiger partial charge in [0.2, 0.25) is 5.88 Å². The quantitative estimate of drug-likeness (QED) is 0.388. The molecule has 1 aliphatic rings. The first-order valence-corrected chi connectivity index (χ1v) is 11.2. The van der Waals surface area contributed by atoms with Crippen molar-refractivity contribution in [3.05, 3.63) is 66.6 Å². The maximum Gasteiger partial charge on any atom is 0.219 e. The molecule has 1 fully saturated rings. The van der Waals surface area contributed by atoms with Crippen molar-refractivity contribution in [2.75, 3.05) is 20.1 Å². The zero-order valence-corrected chi connectivity index (χ0v) is 18.8. The number of likely N-dealkylation sites (tertiary alicyclic amines) is 1. The summed E-state index contributed by atoms with van der Waals surface area (Å²) in [5.74, 6) is 1.18. The average Bonchev–Trinajstić information content (AvgIpc) is 3.57. The van der Waals surface area contributed by atoms with Gasteiger partial charge in [-0.25, -0.2) is 4.98 Å². The molecule has 9 nitrogen and oxygen atoms in total. The van der Waals surface area contributed by atoms with E-state index in [4.69, 9.17) is 4.74 Å². The van der Waals surface area contributed by atoms with Gasteiger partial charge in [0.1, 0.15) is 5.75 Å². The molecule has 4 heterocycles. The number of aromatic nitrogens is 4. The van der Waals surface area contributed by atoms with Crippen LogP contribution in [-0.2, 0) is 11.3 Å². The minimum atomic E-state index is -1.01. The van der Waals surface area contributed by atoms with Crippen LogP contribution < -0.4 is 4.74 Å². The van der Waals surface area contributed by atoms with E-state index in [9.17, 15) is 9.90 Å². The molecular weight excluding hydrogens is 432 g/mol. The van der Waals surface area contributed by atoms with Crippen molar-refractivity contribution in [1.29, 1.82) is 0 Å². The Hall–Kier alpha value is -3.66. The Kier molecular flexibility index (Phi) is 6.31. The third kappa shape index (κ3) is 4.81. The maximum atomic E-state index is 10.8. The van der Waals surface area contributed by atoms with Gasteiger partial charge >= 0.3 is 0 Å². The van der Waals surface area contributed by atoms with Crippen LogP contribution in [0.4, 0.5) is 0 Å². The number of nitrogens with one attached hydrogen (secondary N) is 1. The summed E-state index contributed by atoms with van der Waals surface area (Å²) in [5.41, 5.74) is 3.79. The molecule has 0 bridgehead atoms. The van der Waals surface area contributed by atoms with E-state index < -0.39 is 6.23 Å². The predicted molar refractivity (Wildman–Crippen MR) is 127 cm³/mol. The summed E-state index contributed by atoms with van der Waals surface area (Å²) < 4.78 is 5.92. The molecule has 34 heavy (non-hydrogen) atoms. The molecule has 3 aromatic heterocycles. The number of benzene rings is 1. The predicted octanol–water partition coefficient (Wildman–Crippen LogP) is 2.84. The lowest BCUT2D eigenvalue weighted by atomic mass is 10.1. The largest absolute Gasteiger partial charge is 0.439 e. The Morgan fingerprint density at radius 3 is 2.91 bits per heavy atom. The normalized spacial score (nSPS) is 17.3. The van der Waals surface area contributed by atoms with E-state index in [1.807, 2.05) is 42.6 Å². The molecule has 0 amide bonds. The second kappa shape index (κ2) is 9.68. The third-order valence-electron chi connectivity index (χ3n) is 6.23. The summed E-state index contributed by atoms with van der Waals surface area (Å²) >= 11 is 0. The molecule has 174 valence electrons. The third-order valence-corrected chi connectivity index (χ3v) is 6.23. The minimum absolute atomic E-state index is 0.285. The number of likely N-dealkylation sites (N-methyl/N-ethyl adjacent to an activating group) is 1. The van der Waals surface area contributed by atoms with Crippen LogP contribution in [0.25, 0.3) is 22.2 Å². The van der Waals surface area contributed by atoms with Crippen LogP contribution in [0.2, 0.25) is 0 Å². The standard InChI is InChI=1S/C25H26N6O3/c1-30(20-7-9-31(15-20)25(33)16-32)14-17-10-18-2-4-21(11-23(18)26-12-17)34-24-5-3-19(13-27-24)22-6-8-28-29-22/h2-6,8,10-13,16,20,25,33H,7,9,14-15H2,1H3,(H,28,29)/t20-,25?/m0/s1. The van der Waals surface area contributed by atoms with E-state index in [0.717, 1.165) is 40.7 Å². The van der Waals surface area contributed by atoms with Crippen molar-refractivity contribution >= 4 is 17.2 Å². The summed E-state index contributed by atoms with van der Waals surface area (Å²) in [7, 11) is 2.06. The van der Waals surface area contributed by atoms with Crippen LogP contribution in [0.15, 0.2) is 61.1 Å². The zero-order chi connectivity index (χ0) is 23.5. The molecule has 1 saturated heterocycles. The first kappa shape index (κ1) is 22.1. The molecule has 2 atom stereocenters. The highest BCUT2D eigenvalue weighted by molar-refractivity contribution is 5.80. The van der Waals surface area contributed by atoms with Crippen molar-refractivity contribution in [3.63, 3.8) is 0 Å². The van der Waals surface area contributed by atoms with E-state index in [1.165, 1.54) is 0 Å². The fraction of sp³-hybridized carbons (Fsp3) is 0.280. The number of aromatic amines is 1. The highest BCUT2D eigenvalue weighted by Gasteiger charge is 2.29. The zero-order valence-electron chi connectivity index (χ0n) is 18.8. The maximum absolute atomic E-state index is 10.8. The van der Waals surface area contributed by atoms with Gasteiger partial charge in [0.05, 0.1) is 11.2 Å². The number of aliphatic hydroxyl groups excluding tert-OH is 1. The molecular formula is C25H26N6O3. The molecule has 1 aromatic carbocycles. The fourth-order valence-corrected chi connectivity index (χ4v) is 4.31. The number of pyridine rings is 2. The number of aliphatic hydroxyl groups is 1. The number of carbonyl (C=O) groups excluding carboxylic acids is 1. The molecule has 0 aliphatic carbocycles. The first-order chi connectivity index (χ1) is 16.6. The van der Waals surface area contributed by atoms with Crippen molar-refractivity contribution < 1.29 is 14.6 Å². The van der Waals surface area contributed by atoms with Crippen LogP contribution in [0, 0.1) is 0 Å². The smallest absolute Gasteiger partial charge is 0.219 e. The molecule has 0 spiro atoms. The van der Waals surface area contributed by atoms with Gasteiger partial charge in [-0.2, -0.15) is 5.10 Å². The lowest BCUT2D eigenvalue weighted by Gasteiger charge is -2.25. The van der Waals surface area contributed by atoms with Gasteiger partial charge in [0.15, 0.2) is 12.5 Å². The Morgan fingerprint density at radius 1 is 1.24 bits per heavy atom. The Bertz CT molecular complexity index is 1260. The number of nitrogens with zero attached hydrogens (tertiary/aromatic N) is 5. The lowest BCUT2D eigenvalue weighted by Crippen LogP contribution is -2.38. The highest BCUT2D eigenvalue weighted by Crippen LogP contribution is 2.26. The number of fused-ring (bicyclic) bond motifs is 1. The summed E-state index contributed by atoms with van der Waals surface area (Å²) in [5, 5.41) is 17.6. The van der Waals surface area contributed by atoms with Gasteiger partial charge < -0.3 is 9.84 Å². The SMILES string of the molecule is CN(Cc1cnc2cc(Oc3ccc(-c4ccn[nH]4)cn3)ccc2c1)[C@H]1CCN(C(O)C=O)C1. The van der Waals surface area contributed by atoms with Crippen LogP contribution in [0.5, 0.6) is 11.6 Å². The summed E-state index contributed by atoms with van der Waals surface area (Å²) in [6, 6.07) is 13.9. The lowest BCUT2D eigenvalue weighted by molar-refractivity contribution is -0.123. The summed E-state index contributed by atoms with van der Waals surface area (Å²) in [6.07, 6.45) is 5.82. The summed E-state index contributed by atoms with van der Waals surface area (Å²) in [4.78, 5) is 23.9. The van der Waals surface area contributed by atoms with E-state index in [-0.39, 0.29) is 6.04 Å². The number of H-pyrrole nitrogens is 1. The van der Waals surface area contributed by atoms with Crippen LogP contribution in [0.1, 0.15) is 12.0 Å². The first-order valence-electron chi connectivity index (χ1n) is 11.2. The Labute approximate surface area is 197 Å². The van der Waals surface area contributed by atoms with Crippen molar-refractivity contribution in [2.45, 2.75) is 25.2 Å². The number of hydrogen-bond donors (Lipinski definition) is 2. The van der Waals surface area contributed by atoms with Crippen LogP contribution in [0.3, 0.4) is 0 Å². The summed E-state index contributed by atoms with van der Waals surface area (Å²) in [6.45, 7) is 2.13. The van der Waals surface area contributed by atoms with Gasteiger partial charge in [-0.15, -0.1) is 0 Å². The van der Waals surface area contributed by atoms with E-state index in [1.54, 1.807) is 17.3 Å². The molecule has 1 aliphatic heterocycles. The molecule has 0 radical (unpaired) electrons. The van der Waals surface area contributed by atoms with E-state index in [2.05, 4.69) is 38.2 Å². The molecule has 2 N–H and O–H groups in total. The molecule has 4 aromatic rings. The van der Waals surface area contributed by atoms with E-state index >= 15 is 0 Å². The van der Waals surface area contributed by atoms with Crippen molar-refractivity contribution in [1.82, 2.24) is 30.0 Å². The second-order valence-corrected chi connectivity index (χ2v) is 8.56. The Balaban J connectivity index is 1.23. The molecule has 9 heteroatoms. The van der Waals surface area contributed by atoms with Gasteiger partial charge in [-0.3, -0.25) is 24.7 Å². The van der Waals surface area contributed by atoms with Gasteiger partial charge in [-0.05, 0) is 49.4 Å². The molecule has 1 unspecified atom stereocenters. The number of hydrogen-bond acceptors (Lipinski definition) is 8. The fourth-order valence-electron chi connectivity index (χ4n) is 4.31. The average molecular weight is 459 g/mol. The van der Waals surface area contributed by atoms with Crippen LogP contribution in [-0.4, -0.2) is 73.8 Å². The van der Waals surface area contributed by atoms with Gasteiger partial charge in [0, 0.05) is 67.3 Å². The van der Waals surface area contributed by atoms with Gasteiger partial charge in [-0.1, -0.05) is 0 Å². The number of rotatable bonds is 8. The Morgan fingerprint density at radius 2 is 2.15 bits per heavy atom. The number of ether oxygens (including phenoxy) is 1. The monoisotopic (exact) mass is 458 g/mol. The molecule has 0 saturated carbocycles. The van der Waals surface area contributed by atoms with E-state index in [0.29, 0.717) is 31.0 Å². The van der Waals surface area contributed by atoms with Crippen LogP contribution >= 0.6 is 0 Å². The molecule has 5 rings (SSSR count). The van der Waals surface area contributed by atoms with Crippen molar-refractivity contribution in [2.24, 2.45) is 0 Å². The topological polar surface area (TPSA) is 107 Å².